The molecule has 0 saturated heterocycles. The Balaban J connectivity index is 1.86. The second kappa shape index (κ2) is 4.99. The van der Waals surface area contributed by atoms with Crippen molar-refractivity contribution in [1.29, 1.82) is 0 Å². The Bertz CT molecular complexity index is 406. The van der Waals surface area contributed by atoms with Crippen LogP contribution in [-0.4, -0.2) is 6.61 Å². The van der Waals surface area contributed by atoms with Crippen LogP contribution in [0.2, 0.25) is 0 Å². The van der Waals surface area contributed by atoms with E-state index >= 15 is 0 Å². The van der Waals surface area contributed by atoms with Crippen LogP contribution in [0.1, 0.15) is 10.4 Å². The second-order valence-corrected chi connectivity index (χ2v) is 4.48. The molecule has 78 valence electrons. The lowest BCUT2D eigenvalue weighted by Crippen LogP contribution is -2.00. The smallest absolute Gasteiger partial charge is 0.122 e. The maximum absolute atomic E-state index is 5.72. The zero-order chi connectivity index (χ0) is 10.5. The quantitative estimate of drug-likeness (QED) is 0.760. The molecule has 2 rings (SSSR count). The summed E-state index contributed by atoms with van der Waals surface area (Å²) >= 11 is 1.78. The number of para-hydroxylation sites is 1. The van der Waals surface area contributed by atoms with E-state index in [4.69, 9.17) is 4.74 Å². The Morgan fingerprint density at radius 2 is 2.00 bits per heavy atom. The molecule has 0 unspecified atom stereocenters. The number of hydrogen-bond donors (Lipinski definition) is 0. The van der Waals surface area contributed by atoms with Crippen LogP contribution in [0.4, 0.5) is 0 Å². The third-order valence-electron chi connectivity index (χ3n) is 2.28. The molecule has 0 aliphatic heterocycles. The fourth-order valence-electron chi connectivity index (χ4n) is 1.43. The zero-order valence-corrected chi connectivity index (χ0v) is 9.59. The van der Waals surface area contributed by atoms with Gasteiger partial charge in [-0.3, -0.25) is 0 Å². The van der Waals surface area contributed by atoms with Crippen LogP contribution in [0.25, 0.3) is 0 Å². The predicted octanol–water partition coefficient (Wildman–Crippen LogP) is 3.68. The fourth-order valence-corrected chi connectivity index (χ4v) is 2.13. The average Bonchev–Trinajstić information content (AvgIpc) is 2.74. The van der Waals surface area contributed by atoms with E-state index in [2.05, 4.69) is 30.5 Å². The third-order valence-corrected chi connectivity index (χ3v) is 3.22. The minimum atomic E-state index is 0.755. The predicted molar refractivity (Wildman–Crippen MR) is 64.7 cm³/mol. The molecule has 0 spiro atoms. The van der Waals surface area contributed by atoms with Crippen molar-refractivity contribution in [2.45, 2.75) is 13.3 Å². The van der Waals surface area contributed by atoms with Gasteiger partial charge < -0.3 is 4.74 Å². The number of ether oxygens (including phenoxy) is 1. The number of hydrogen-bond acceptors (Lipinski definition) is 2. The van der Waals surface area contributed by atoms with Crippen LogP contribution in [0.15, 0.2) is 41.8 Å². The maximum Gasteiger partial charge on any atom is 0.122 e. The molecule has 0 saturated carbocycles. The molecule has 0 radical (unpaired) electrons. The first-order valence-electron chi connectivity index (χ1n) is 5.07. The number of thiophene rings is 1. The SMILES string of the molecule is Cc1ccccc1OCCc1cccs1. The lowest BCUT2D eigenvalue weighted by atomic mass is 10.2. The molecule has 2 heteroatoms. The van der Waals surface area contributed by atoms with Gasteiger partial charge in [0, 0.05) is 11.3 Å². The van der Waals surface area contributed by atoms with Crippen molar-refractivity contribution in [3.63, 3.8) is 0 Å². The normalized spacial score (nSPS) is 10.2. The molecule has 1 aromatic carbocycles. The lowest BCUT2D eigenvalue weighted by Gasteiger charge is -2.07. The number of rotatable bonds is 4. The first kappa shape index (κ1) is 10.2. The summed E-state index contributed by atoms with van der Waals surface area (Å²) in [5, 5.41) is 2.10. The topological polar surface area (TPSA) is 9.23 Å². The highest BCUT2D eigenvalue weighted by Crippen LogP contribution is 2.17. The van der Waals surface area contributed by atoms with Crippen LogP contribution in [0, 0.1) is 6.92 Å². The molecule has 1 nitrogen and oxygen atoms in total. The van der Waals surface area contributed by atoms with Gasteiger partial charge in [0.25, 0.3) is 0 Å². The van der Waals surface area contributed by atoms with Gasteiger partial charge >= 0.3 is 0 Å². The Kier molecular flexibility index (Phi) is 3.41. The molecule has 1 heterocycles. The Hall–Kier alpha value is -1.28. The van der Waals surface area contributed by atoms with E-state index in [0.717, 1.165) is 18.8 Å². The van der Waals surface area contributed by atoms with Gasteiger partial charge in [0.15, 0.2) is 0 Å². The molecule has 0 aliphatic carbocycles. The Labute approximate surface area is 94.3 Å². The molecular formula is C13H14OS. The highest BCUT2D eigenvalue weighted by atomic mass is 32.1. The number of aryl methyl sites for hydroxylation is 1. The molecule has 1 aromatic heterocycles. The van der Waals surface area contributed by atoms with Crippen LogP contribution >= 0.6 is 11.3 Å². The molecule has 15 heavy (non-hydrogen) atoms. The lowest BCUT2D eigenvalue weighted by molar-refractivity contribution is 0.321. The van der Waals surface area contributed by atoms with Crippen molar-refractivity contribution in [3.05, 3.63) is 52.2 Å². The molecular weight excluding hydrogens is 204 g/mol. The van der Waals surface area contributed by atoms with Crippen LogP contribution in [-0.2, 0) is 6.42 Å². The summed E-state index contributed by atoms with van der Waals surface area (Å²) in [6.07, 6.45) is 0.992. The van der Waals surface area contributed by atoms with Gasteiger partial charge in [-0.2, -0.15) is 0 Å². The number of benzene rings is 1. The Morgan fingerprint density at radius 3 is 2.73 bits per heavy atom. The summed E-state index contributed by atoms with van der Waals surface area (Å²) in [6, 6.07) is 12.3. The third kappa shape index (κ3) is 2.83. The molecule has 2 aromatic rings. The van der Waals surface area contributed by atoms with Gasteiger partial charge in [0.05, 0.1) is 6.61 Å². The van der Waals surface area contributed by atoms with Crippen molar-refractivity contribution >= 4 is 11.3 Å². The van der Waals surface area contributed by atoms with Gasteiger partial charge in [-0.25, -0.2) is 0 Å². The highest BCUT2D eigenvalue weighted by molar-refractivity contribution is 7.09. The van der Waals surface area contributed by atoms with Crippen molar-refractivity contribution in [1.82, 2.24) is 0 Å². The van der Waals surface area contributed by atoms with Crippen LogP contribution in [0.5, 0.6) is 5.75 Å². The van der Waals surface area contributed by atoms with E-state index in [-0.39, 0.29) is 0 Å². The van der Waals surface area contributed by atoms with Crippen molar-refractivity contribution < 1.29 is 4.74 Å². The molecule has 0 amide bonds. The summed E-state index contributed by atoms with van der Waals surface area (Å²) in [6.45, 7) is 2.83. The van der Waals surface area contributed by atoms with Gasteiger partial charge in [-0.15, -0.1) is 11.3 Å². The molecule has 0 bridgehead atoms. The van der Waals surface area contributed by atoms with E-state index in [1.54, 1.807) is 11.3 Å². The molecule has 0 atom stereocenters. The minimum Gasteiger partial charge on any atom is -0.493 e. The first-order valence-corrected chi connectivity index (χ1v) is 5.95. The summed E-state index contributed by atoms with van der Waals surface area (Å²) < 4.78 is 5.72. The van der Waals surface area contributed by atoms with E-state index in [1.165, 1.54) is 10.4 Å². The monoisotopic (exact) mass is 218 g/mol. The zero-order valence-electron chi connectivity index (χ0n) is 8.77. The summed E-state index contributed by atoms with van der Waals surface area (Å²) in [5.74, 6) is 0.994. The van der Waals surface area contributed by atoms with Gasteiger partial charge in [0.1, 0.15) is 5.75 Å². The fraction of sp³-hybridized carbons (Fsp3) is 0.231. The van der Waals surface area contributed by atoms with E-state index in [0.29, 0.717) is 0 Å². The van der Waals surface area contributed by atoms with Crippen molar-refractivity contribution in [2.24, 2.45) is 0 Å². The minimum absolute atomic E-state index is 0.755. The largest absolute Gasteiger partial charge is 0.493 e. The average molecular weight is 218 g/mol. The van der Waals surface area contributed by atoms with Gasteiger partial charge in [-0.05, 0) is 30.0 Å². The van der Waals surface area contributed by atoms with E-state index < -0.39 is 0 Å². The van der Waals surface area contributed by atoms with Crippen molar-refractivity contribution in [2.75, 3.05) is 6.61 Å². The maximum atomic E-state index is 5.72. The first-order chi connectivity index (χ1) is 7.36. The van der Waals surface area contributed by atoms with Crippen LogP contribution in [0.3, 0.4) is 0 Å². The van der Waals surface area contributed by atoms with E-state index in [1.807, 2.05) is 18.2 Å². The second-order valence-electron chi connectivity index (χ2n) is 3.44. The van der Waals surface area contributed by atoms with E-state index in [9.17, 15) is 0 Å². The Morgan fingerprint density at radius 1 is 1.13 bits per heavy atom. The molecule has 0 fully saturated rings. The standard InChI is InChI=1S/C13H14OS/c1-11-5-2-3-7-13(11)14-9-8-12-6-4-10-15-12/h2-7,10H,8-9H2,1H3. The van der Waals surface area contributed by atoms with Crippen LogP contribution < -0.4 is 4.74 Å². The summed E-state index contributed by atoms with van der Waals surface area (Å²) in [5.41, 5.74) is 1.20. The van der Waals surface area contributed by atoms with Gasteiger partial charge in [-0.1, -0.05) is 24.3 Å². The summed E-state index contributed by atoms with van der Waals surface area (Å²) in [7, 11) is 0. The highest BCUT2D eigenvalue weighted by Gasteiger charge is 1.98. The molecule has 0 aliphatic rings. The van der Waals surface area contributed by atoms with Crippen molar-refractivity contribution in [3.8, 4) is 5.75 Å². The summed E-state index contributed by atoms with van der Waals surface area (Å²) in [4.78, 5) is 1.38. The van der Waals surface area contributed by atoms with Gasteiger partial charge in [0.2, 0.25) is 0 Å². The molecule has 0 N–H and O–H groups in total.